The minimum Gasteiger partial charge on any atom is -0.306 e. The summed E-state index contributed by atoms with van der Waals surface area (Å²) in [6, 6.07) is 2.63. The largest absolute Gasteiger partial charge is 0.306 e. The predicted octanol–water partition coefficient (Wildman–Crippen LogP) is 1.93. The molecule has 1 atom stereocenters. The Morgan fingerprint density at radius 1 is 1.29 bits per heavy atom. The van der Waals surface area contributed by atoms with E-state index in [0.29, 0.717) is 5.92 Å². The Labute approximate surface area is 130 Å². The zero-order valence-corrected chi connectivity index (χ0v) is 14.1. The van der Waals surface area contributed by atoms with Gasteiger partial charge in [-0.3, -0.25) is 5.32 Å². The molecule has 4 nitrogen and oxygen atoms in total. The van der Waals surface area contributed by atoms with E-state index in [2.05, 4.69) is 42.2 Å². The summed E-state index contributed by atoms with van der Waals surface area (Å²) in [6.07, 6.45) is 6.12. The third-order valence-electron chi connectivity index (χ3n) is 5.09. The van der Waals surface area contributed by atoms with Crippen LogP contribution in [0.15, 0.2) is 0 Å². The molecule has 0 aromatic rings. The summed E-state index contributed by atoms with van der Waals surface area (Å²) in [6.45, 7) is 7.58. The smallest absolute Gasteiger partial charge is 0.122 e. The number of hydrogen-bond acceptors (Lipinski definition) is 4. The summed E-state index contributed by atoms with van der Waals surface area (Å²) in [5, 5.41) is 13.3. The summed E-state index contributed by atoms with van der Waals surface area (Å²) in [5.74, 6) is 1.36. The number of nitrogens with zero attached hydrogens (tertiary/aromatic N) is 3. The summed E-state index contributed by atoms with van der Waals surface area (Å²) < 4.78 is 0. The maximum Gasteiger partial charge on any atom is 0.122 e. The molecule has 0 aromatic heterocycles. The molecule has 0 amide bonds. The molecule has 0 radical (unpaired) electrons. The van der Waals surface area contributed by atoms with E-state index >= 15 is 0 Å². The number of hydrogen-bond donors (Lipinski definition) is 1. The first-order valence-corrected chi connectivity index (χ1v) is 8.63. The van der Waals surface area contributed by atoms with E-state index in [-0.39, 0.29) is 5.54 Å². The molecule has 120 valence electrons. The SMILES string of the molecule is CCCNC(C#N)(CN(C)CC1CCN(C)CC1)C1CC1. The van der Waals surface area contributed by atoms with Crippen LogP contribution in [0.1, 0.15) is 39.0 Å². The van der Waals surface area contributed by atoms with Crippen LogP contribution in [0.2, 0.25) is 0 Å². The van der Waals surface area contributed by atoms with E-state index in [1.165, 1.54) is 38.8 Å². The third kappa shape index (κ3) is 4.67. The van der Waals surface area contributed by atoms with Gasteiger partial charge in [0, 0.05) is 13.1 Å². The van der Waals surface area contributed by atoms with Crippen molar-refractivity contribution < 1.29 is 0 Å². The van der Waals surface area contributed by atoms with Crippen molar-refractivity contribution in [2.45, 2.75) is 44.6 Å². The lowest BCUT2D eigenvalue weighted by Gasteiger charge is -2.36. The van der Waals surface area contributed by atoms with Crippen LogP contribution in [-0.4, -0.2) is 62.2 Å². The second-order valence-electron chi connectivity index (χ2n) is 7.23. The standard InChI is InChI=1S/C17H32N4/c1-4-9-19-17(13-18,16-5-6-16)14-21(3)12-15-7-10-20(2)11-8-15/h15-16,19H,4-12,14H2,1-3H3. The van der Waals surface area contributed by atoms with Gasteiger partial charge < -0.3 is 9.80 Å². The fourth-order valence-electron chi connectivity index (χ4n) is 3.60. The van der Waals surface area contributed by atoms with Gasteiger partial charge in [-0.25, -0.2) is 0 Å². The number of nitrogens with one attached hydrogen (secondary N) is 1. The molecule has 1 heterocycles. The highest BCUT2D eigenvalue weighted by Gasteiger charge is 2.46. The Balaban J connectivity index is 1.86. The number of nitriles is 1. The lowest BCUT2D eigenvalue weighted by molar-refractivity contribution is 0.154. The zero-order chi connectivity index (χ0) is 15.3. The number of likely N-dealkylation sites (tertiary alicyclic amines) is 1. The maximum absolute atomic E-state index is 9.76. The number of likely N-dealkylation sites (N-methyl/N-ethyl adjacent to an activating group) is 1. The molecule has 1 saturated carbocycles. The molecule has 4 heteroatoms. The van der Waals surface area contributed by atoms with Gasteiger partial charge in [0.05, 0.1) is 6.07 Å². The number of rotatable bonds is 8. The molecule has 2 rings (SSSR count). The molecular weight excluding hydrogens is 260 g/mol. The van der Waals surface area contributed by atoms with E-state index in [9.17, 15) is 5.26 Å². The Bertz CT molecular complexity index is 352. The Hall–Kier alpha value is -0.630. The average Bonchev–Trinajstić information content (AvgIpc) is 3.31. The van der Waals surface area contributed by atoms with Crippen molar-refractivity contribution in [1.82, 2.24) is 15.1 Å². The van der Waals surface area contributed by atoms with Crippen LogP contribution < -0.4 is 5.32 Å². The minimum absolute atomic E-state index is 0.309. The van der Waals surface area contributed by atoms with E-state index in [1.54, 1.807) is 0 Å². The van der Waals surface area contributed by atoms with E-state index in [0.717, 1.165) is 32.0 Å². The Morgan fingerprint density at radius 3 is 2.48 bits per heavy atom. The van der Waals surface area contributed by atoms with Gasteiger partial charge in [-0.05, 0) is 77.7 Å². The molecule has 21 heavy (non-hydrogen) atoms. The summed E-state index contributed by atoms with van der Waals surface area (Å²) >= 11 is 0. The first kappa shape index (κ1) is 16.7. The van der Waals surface area contributed by atoms with Gasteiger partial charge in [-0.1, -0.05) is 6.92 Å². The van der Waals surface area contributed by atoms with Crippen LogP contribution in [-0.2, 0) is 0 Å². The van der Waals surface area contributed by atoms with Crippen molar-refractivity contribution in [3.05, 3.63) is 0 Å². The lowest BCUT2D eigenvalue weighted by Crippen LogP contribution is -2.54. The van der Waals surface area contributed by atoms with Crippen molar-refractivity contribution in [3.8, 4) is 6.07 Å². The van der Waals surface area contributed by atoms with Crippen molar-refractivity contribution >= 4 is 0 Å². The molecule has 2 aliphatic rings. The van der Waals surface area contributed by atoms with Crippen LogP contribution in [0.25, 0.3) is 0 Å². The van der Waals surface area contributed by atoms with E-state index in [4.69, 9.17) is 0 Å². The molecule has 1 aliphatic carbocycles. The lowest BCUT2D eigenvalue weighted by atomic mass is 9.92. The van der Waals surface area contributed by atoms with Crippen LogP contribution in [0, 0.1) is 23.2 Å². The molecule has 2 fully saturated rings. The summed E-state index contributed by atoms with van der Waals surface area (Å²) in [4.78, 5) is 4.82. The molecule has 0 spiro atoms. The van der Waals surface area contributed by atoms with Crippen LogP contribution >= 0.6 is 0 Å². The minimum atomic E-state index is -0.309. The first-order valence-electron chi connectivity index (χ1n) is 8.63. The number of piperidine rings is 1. The summed E-state index contributed by atoms with van der Waals surface area (Å²) in [5.41, 5.74) is -0.309. The Morgan fingerprint density at radius 2 is 1.95 bits per heavy atom. The van der Waals surface area contributed by atoms with Crippen molar-refractivity contribution in [1.29, 1.82) is 5.26 Å². The zero-order valence-electron chi connectivity index (χ0n) is 14.1. The van der Waals surface area contributed by atoms with Gasteiger partial charge in [0.1, 0.15) is 5.54 Å². The monoisotopic (exact) mass is 292 g/mol. The second kappa shape index (κ2) is 7.58. The van der Waals surface area contributed by atoms with Crippen molar-refractivity contribution in [2.75, 3.05) is 46.8 Å². The van der Waals surface area contributed by atoms with Crippen molar-refractivity contribution in [3.63, 3.8) is 0 Å². The first-order chi connectivity index (χ1) is 10.1. The highest BCUT2D eigenvalue weighted by molar-refractivity contribution is 5.16. The van der Waals surface area contributed by atoms with Crippen molar-refractivity contribution in [2.24, 2.45) is 11.8 Å². The molecule has 0 aromatic carbocycles. The topological polar surface area (TPSA) is 42.3 Å². The van der Waals surface area contributed by atoms with Gasteiger partial charge in [0.2, 0.25) is 0 Å². The maximum atomic E-state index is 9.76. The van der Waals surface area contributed by atoms with Gasteiger partial charge in [-0.15, -0.1) is 0 Å². The molecule has 0 bridgehead atoms. The molecule has 1 unspecified atom stereocenters. The highest BCUT2D eigenvalue weighted by atomic mass is 15.2. The summed E-state index contributed by atoms with van der Waals surface area (Å²) in [7, 11) is 4.41. The van der Waals surface area contributed by atoms with Gasteiger partial charge in [0.15, 0.2) is 0 Å². The quantitative estimate of drug-likeness (QED) is 0.742. The molecule has 1 N–H and O–H groups in total. The predicted molar refractivity (Wildman–Crippen MR) is 87.1 cm³/mol. The molecular formula is C17H32N4. The second-order valence-corrected chi connectivity index (χ2v) is 7.23. The average molecular weight is 292 g/mol. The van der Waals surface area contributed by atoms with E-state index in [1.807, 2.05) is 0 Å². The van der Waals surface area contributed by atoms with Gasteiger partial charge in [0.25, 0.3) is 0 Å². The van der Waals surface area contributed by atoms with Gasteiger partial charge in [-0.2, -0.15) is 5.26 Å². The van der Waals surface area contributed by atoms with Gasteiger partial charge >= 0.3 is 0 Å². The third-order valence-corrected chi connectivity index (χ3v) is 5.09. The van der Waals surface area contributed by atoms with Crippen LogP contribution in [0.5, 0.6) is 0 Å². The molecule has 1 saturated heterocycles. The highest BCUT2D eigenvalue weighted by Crippen LogP contribution is 2.40. The molecule has 1 aliphatic heterocycles. The van der Waals surface area contributed by atoms with Crippen LogP contribution in [0.3, 0.4) is 0 Å². The fraction of sp³-hybridized carbons (Fsp3) is 0.941. The Kier molecular flexibility index (Phi) is 6.04. The normalized spacial score (nSPS) is 24.0. The van der Waals surface area contributed by atoms with Crippen LogP contribution in [0.4, 0.5) is 0 Å². The van der Waals surface area contributed by atoms with E-state index < -0.39 is 0 Å². The fourth-order valence-corrected chi connectivity index (χ4v) is 3.60.